The molecule has 0 aliphatic heterocycles. The third kappa shape index (κ3) is 2.01. The second kappa shape index (κ2) is 3.87. The van der Waals surface area contributed by atoms with Gasteiger partial charge in [0.25, 0.3) is 0 Å². The summed E-state index contributed by atoms with van der Waals surface area (Å²) in [5.74, 6) is 0. The first kappa shape index (κ1) is 10.5. The van der Waals surface area contributed by atoms with Crippen LogP contribution in [0.15, 0.2) is 52.3 Å². The zero-order valence-electron chi connectivity index (χ0n) is 9.10. The van der Waals surface area contributed by atoms with Gasteiger partial charge in [-0.15, -0.1) is 0 Å². The van der Waals surface area contributed by atoms with Crippen molar-refractivity contribution in [1.29, 1.82) is 0 Å². The summed E-state index contributed by atoms with van der Waals surface area (Å²) in [6.45, 7) is 2.06. The summed E-state index contributed by atoms with van der Waals surface area (Å²) in [5.41, 5.74) is 1.23. The molecule has 15 heavy (non-hydrogen) atoms. The molecule has 0 spiro atoms. The molecule has 2 rings (SSSR count). The quantitative estimate of drug-likeness (QED) is 0.795. The molecule has 80 valence electrons. The van der Waals surface area contributed by atoms with Crippen LogP contribution in [0.2, 0.25) is 0 Å². The van der Waals surface area contributed by atoms with Gasteiger partial charge in [-0.1, -0.05) is 46.2 Å². The lowest BCUT2D eigenvalue weighted by molar-refractivity contribution is 0.636. The van der Waals surface area contributed by atoms with E-state index >= 15 is 0 Å². The minimum Gasteiger partial charge on any atom is -0.343 e. The van der Waals surface area contributed by atoms with Gasteiger partial charge in [0.05, 0.1) is 0 Å². The third-order valence-corrected chi connectivity index (χ3v) is 5.24. The molecule has 1 aliphatic rings. The van der Waals surface area contributed by atoms with Crippen molar-refractivity contribution in [1.82, 2.24) is 0 Å². The Hall–Kier alpha value is -0.990. The van der Waals surface area contributed by atoms with Gasteiger partial charge in [-0.3, -0.25) is 0 Å². The number of benzene rings is 1. The van der Waals surface area contributed by atoms with Crippen molar-refractivity contribution >= 4 is 10.3 Å². The van der Waals surface area contributed by atoms with Crippen LogP contribution in [0.1, 0.15) is 12.0 Å². The van der Waals surface area contributed by atoms with Crippen LogP contribution < -0.4 is 0 Å². The Labute approximate surface area is 92.7 Å². The molecule has 1 aliphatic carbocycles. The molecular formula is C13H16OS. The average Bonchev–Trinajstić information content (AvgIpc) is 2.71. The standard InChI is InChI=1S/C13H16OS/c1-11-7-9-13(10-8-11)15(2,14)12-5-3-4-6-12/h3-5,7-10,14H,6H2,1-2H3. The van der Waals surface area contributed by atoms with Crippen molar-refractivity contribution in [2.75, 3.05) is 6.26 Å². The molecule has 0 fully saturated rings. The predicted octanol–water partition coefficient (Wildman–Crippen LogP) is 4.11. The summed E-state index contributed by atoms with van der Waals surface area (Å²) in [6, 6.07) is 8.17. The van der Waals surface area contributed by atoms with Gasteiger partial charge in [0.1, 0.15) is 0 Å². The van der Waals surface area contributed by atoms with Gasteiger partial charge in [-0.05, 0) is 36.6 Å². The third-order valence-electron chi connectivity index (χ3n) is 2.73. The highest BCUT2D eigenvalue weighted by molar-refractivity contribution is 8.31. The summed E-state index contributed by atoms with van der Waals surface area (Å²) in [6.07, 6.45) is 8.97. The molecule has 1 nitrogen and oxygen atoms in total. The van der Waals surface area contributed by atoms with Crippen molar-refractivity contribution < 1.29 is 4.55 Å². The van der Waals surface area contributed by atoms with Gasteiger partial charge in [-0.2, -0.15) is 0 Å². The molecule has 0 saturated carbocycles. The predicted molar refractivity (Wildman–Crippen MR) is 67.4 cm³/mol. The maximum atomic E-state index is 10.6. The minimum absolute atomic E-state index is 0.885. The highest BCUT2D eigenvalue weighted by Gasteiger charge is 2.22. The maximum Gasteiger partial charge on any atom is 0.0163 e. The monoisotopic (exact) mass is 220 g/mol. The fraction of sp³-hybridized carbons (Fsp3) is 0.231. The Morgan fingerprint density at radius 1 is 1.20 bits per heavy atom. The molecule has 0 bridgehead atoms. The van der Waals surface area contributed by atoms with E-state index in [-0.39, 0.29) is 0 Å². The summed E-state index contributed by atoms with van der Waals surface area (Å²) in [4.78, 5) is 2.19. The van der Waals surface area contributed by atoms with E-state index in [1.807, 2.05) is 30.5 Å². The normalized spacial score (nSPS) is 20.9. The molecule has 0 heterocycles. The lowest BCUT2D eigenvalue weighted by atomic mass is 10.2. The van der Waals surface area contributed by atoms with Crippen LogP contribution in [0, 0.1) is 6.92 Å². The van der Waals surface area contributed by atoms with E-state index in [0.29, 0.717) is 0 Å². The fourth-order valence-corrected chi connectivity index (χ4v) is 3.41. The summed E-state index contributed by atoms with van der Waals surface area (Å²) in [5, 5.41) is 0. The first-order valence-corrected chi connectivity index (χ1v) is 7.04. The highest BCUT2D eigenvalue weighted by atomic mass is 32.3. The van der Waals surface area contributed by atoms with Gasteiger partial charge < -0.3 is 4.55 Å². The molecule has 1 aromatic carbocycles. The van der Waals surface area contributed by atoms with Crippen LogP contribution in [0.5, 0.6) is 0 Å². The summed E-state index contributed by atoms with van der Waals surface area (Å²) >= 11 is 0. The smallest absolute Gasteiger partial charge is 0.0163 e. The lowest BCUT2D eigenvalue weighted by Crippen LogP contribution is -1.99. The molecule has 0 saturated heterocycles. The number of hydrogen-bond acceptors (Lipinski definition) is 1. The second-order valence-electron chi connectivity index (χ2n) is 3.95. The zero-order valence-corrected chi connectivity index (χ0v) is 9.92. The van der Waals surface area contributed by atoms with Crippen molar-refractivity contribution in [3.8, 4) is 0 Å². The van der Waals surface area contributed by atoms with Crippen molar-refractivity contribution in [2.24, 2.45) is 0 Å². The minimum atomic E-state index is -1.76. The van der Waals surface area contributed by atoms with E-state index in [9.17, 15) is 4.55 Å². The molecule has 0 amide bonds. The van der Waals surface area contributed by atoms with Crippen LogP contribution in [0.3, 0.4) is 0 Å². The van der Waals surface area contributed by atoms with Crippen LogP contribution in [0.4, 0.5) is 0 Å². The Balaban J connectivity index is 2.32. The molecule has 1 atom stereocenters. The Morgan fingerprint density at radius 2 is 1.87 bits per heavy atom. The van der Waals surface area contributed by atoms with E-state index < -0.39 is 10.3 Å². The fourth-order valence-electron chi connectivity index (χ4n) is 1.68. The number of rotatable bonds is 2. The molecule has 0 aromatic heterocycles. The SMILES string of the molecule is Cc1ccc(S(C)(O)C2=CC=CC2)cc1. The van der Waals surface area contributed by atoms with E-state index in [2.05, 4.69) is 25.1 Å². The molecule has 1 aromatic rings. The Kier molecular flexibility index (Phi) is 2.72. The van der Waals surface area contributed by atoms with E-state index in [1.54, 1.807) is 0 Å². The van der Waals surface area contributed by atoms with Gasteiger partial charge in [0.15, 0.2) is 0 Å². The van der Waals surface area contributed by atoms with E-state index in [1.165, 1.54) is 5.56 Å². The molecular weight excluding hydrogens is 204 g/mol. The van der Waals surface area contributed by atoms with Crippen molar-refractivity contribution in [3.05, 3.63) is 53.0 Å². The number of hydrogen-bond donors (Lipinski definition) is 1. The Morgan fingerprint density at radius 3 is 2.40 bits per heavy atom. The molecule has 2 heteroatoms. The van der Waals surface area contributed by atoms with Gasteiger partial charge in [0.2, 0.25) is 0 Å². The first-order valence-electron chi connectivity index (χ1n) is 5.04. The molecule has 1 N–H and O–H groups in total. The summed E-state index contributed by atoms with van der Waals surface area (Å²) < 4.78 is 10.6. The zero-order chi connectivity index (χ0) is 10.9. The van der Waals surface area contributed by atoms with Crippen LogP contribution in [-0.2, 0) is 0 Å². The topological polar surface area (TPSA) is 20.2 Å². The average molecular weight is 220 g/mol. The summed E-state index contributed by atoms with van der Waals surface area (Å²) in [7, 11) is -1.76. The van der Waals surface area contributed by atoms with E-state index in [4.69, 9.17) is 0 Å². The van der Waals surface area contributed by atoms with Gasteiger partial charge in [-0.25, -0.2) is 0 Å². The number of allylic oxidation sites excluding steroid dienone is 4. The number of aryl methyl sites for hydroxylation is 1. The van der Waals surface area contributed by atoms with Crippen molar-refractivity contribution in [2.45, 2.75) is 18.2 Å². The van der Waals surface area contributed by atoms with E-state index in [0.717, 1.165) is 16.2 Å². The van der Waals surface area contributed by atoms with Crippen LogP contribution in [-0.4, -0.2) is 10.8 Å². The van der Waals surface area contributed by atoms with Gasteiger partial charge >= 0.3 is 0 Å². The molecule has 1 unspecified atom stereocenters. The van der Waals surface area contributed by atoms with Crippen LogP contribution in [0.25, 0.3) is 0 Å². The second-order valence-corrected chi connectivity index (χ2v) is 6.70. The lowest BCUT2D eigenvalue weighted by Gasteiger charge is -2.31. The molecule has 0 radical (unpaired) electrons. The van der Waals surface area contributed by atoms with Crippen molar-refractivity contribution in [3.63, 3.8) is 0 Å². The Bertz CT molecular complexity index is 413. The maximum absolute atomic E-state index is 10.6. The van der Waals surface area contributed by atoms with Crippen LogP contribution >= 0.6 is 10.3 Å². The van der Waals surface area contributed by atoms with Gasteiger partial charge in [0, 0.05) is 4.90 Å². The highest BCUT2D eigenvalue weighted by Crippen LogP contribution is 2.57. The largest absolute Gasteiger partial charge is 0.343 e. The first-order chi connectivity index (χ1) is 7.10.